The van der Waals surface area contributed by atoms with E-state index in [0.717, 1.165) is 17.7 Å². The number of amides is 2. The summed E-state index contributed by atoms with van der Waals surface area (Å²) in [5, 5.41) is 13.0. The van der Waals surface area contributed by atoms with Gasteiger partial charge in [-0.1, -0.05) is 30.3 Å². The first-order chi connectivity index (χ1) is 14.9. The number of urea groups is 1. The number of carbonyl (C=O) groups is 1. The van der Waals surface area contributed by atoms with Gasteiger partial charge in [-0.25, -0.2) is 4.79 Å². The smallest absolute Gasteiger partial charge is 0.416 e. The fraction of sp³-hybridized carbons (Fsp3) is 0.0455. The fourth-order valence-corrected chi connectivity index (χ4v) is 2.83. The highest BCUT2D eigenvalue weighted by atomic mass is 19.4. The molecule has 2 amide bonds. The van der Waals surface area contributed by atoms with E-state index >= 15 is 0 Å². The number of nitrogens with zero attached hydrogens (tertiary/aromatic N) is 2. The second-order valence-electron chi connectivity index (χ2n) is 6.52. The van der Waals surface area contributed by atoms with Gasteiger partial charge >= 0.3 is 12.2 Å². The zero-order chi connectivity index (χ0) is 21.8. The summed E-state index contributed by atoms with van der Waals surface area (Å²) in [5.41, 5.74) is 0.926. The van der Waals surface area contributed by atoms with Gasteiger partial charge in [-0.15, -0.1) is 10.2 Å². The minimum Gasteiger partial charge on any atom is -0.416 e. The van der Waals surface area contributed by atoms with Crippen LogP contribution in [0.3, 0.4) is 0 Å². The molecule has 0 fully saturated rings. The van der Waals surface area contributed by atoms with Crippen LogP contribution >= 0.6 is 0 Å². The number of hydrogen-bond donors (Lipinski definition) is 2. The van der Waals surface area contributed by atoms with Crippen molar-refractivity contribution in [2.45, 2.75) is 6.18 Å². The van der Waals surface area contributed by atoms with E-state index < -0.39 is 17.8 Å². The van der Waals surface area contributed by atoms with Crippen LogP contribution in [0.4, 0.5) is 29.3 Å². The molecular formula is C22H15F3N4O2. The van der Waals surface area contributed by atoms with Crippen LogP contribution in [0.25, 0.3) is 22.9 Å². The summed E-state index contributed by atoms with van der Waals surface area (Å²) < 4.78 is 44.2. The van der Waals surface area contributed by atoms with E-state index in [-0.39, 0.29) is 11.6 Å². The minimum absolute atomic E-state index is 0.0212. The molecule has 0 radical (unpaired) electrons. The summed E-state index contributed by atoms with van der Waals surface area (Å²) in [7, 11) is 0. The summed E-state index contributed by atoms with van der Waals surface area (Å²) in [5.74, 6) is 0.622. The molecule has 0 aliphatic carbocycles. The lowest BCUT2D eigenvalue weighted by atomic mass is 10.2. The summed E-state index contributed by atoms with van der Waals surface area (Å²) in [6, 6.07) is 19.6. The number of nitrogens with one attached hydrogen (secondary N) is 2. The van der Waals surface area contributed by atoms with Gasteiger partial charge in [0.05, 0.1) is 5.56 Å². The Morgan fingerprint density at radius 1 is 0.742 bits per heavy atom. The lowest BCUT2D eigenvalue weighted by Gasteiger charge is -2.11. The summed E-state index contributed by atoms with van der Waals surface area (Å²) in [6.45, 7) is 0. The Morgan fingerprint density at radius 3 is 2.00 bits per heavy atom. The molecule has 1 heterocycles. The van der Waals surface area contributed by atoms with Gasteiger partial charge in [0.25, 0.3) is 0 Å². The number of benzene rings is 3. The van der Waals surface area contributed by atoms with Crippen LogP contribution in [0.5, 0.6) is 0 Å². The third-order valence-corrected chi connectivity index (χ3v) is 4.26. The van der Waals surface area contributed by atoms with Crippen molar-refractivity contribution >= 4 is 17.4 Å². The monoisotopic (exact) mass is 424 g/mol. The highest BCUT2D eigenvalue weighted by molar-refractivity contribution is 6.00. The van der Waals surface area contributed by atoms with E-state index in [1.165, 1.54) is 12.1 Å². The van der Waals surface area contributed by atoms with Gasteiger partial charge in [0, 0.05) is 22.5 Å². The molecule has 4 rings (SSSR count). The third-order valence-electron chi connectivity index (χ3n) is 4.26. The maximum Gasteiger partial charge on any atom is 0.416 e. The van der Waals surface area contributed by atoms with Crippen LogP contribution in [0.1, 0.15) is 5.56 Å². The van der Waals surface area contributed by atoms with Crippen LogP contribution < -0.4 is 10.6 Å². The highest BCUT2D eigenvalue weighted by Crippen LogP contribution is 2.31. The van der Waals surface area contributed by atoms with E-state index in [0.29, 0.717) is 17.1 Å². The molecule has 0 saturated carbocycles. The van der Waals surface area contributed by atoms with Gasteiger partial charge < -0.3 is 15.1 Å². The fourth-order valence-electron chi connectivity index (χ4n) is 2.83. The van der Waals surface area contributed by atoms with Crippen LogP contribution in [-0.2, 0) is 6.18 Å². The van der Waals surface area contributed by atoms with Gasteiger partial charge in [0.15, 0.2) is 0 Å². The van der Waals surface area contributed by atoms with E-state index in [9.17, 15) is 18.0 Å². The van der Waals surface area contributed by atoms with Crippen molar-refractivity contribution in [3.05, 3.63) is 84.4 Å². The lowest BCUT2D eigenvalue weighted by molar-refractivity contribution is -0.137. The van der Waals surface area contributed by atoms with E-state index in [1.807, 2.05) is 30.3 Å². The first kappa shape index (κ1) is 20.1. The summed E-state index contributed by atoms with van der Waals surface area (Å²) >= 11 is 0. The molecule has 0 saturated heterocycles. The molecule has 0 bridgehead atoms. The van der Waals surface area contributed by atoms with Crippen LogP contribution in [-0.4, -0.2) is 16.2 Å². The predicted molar refractivity (Wildman–Crippen MR) is 109 cm³/mol. The minimum atomic E-state index is -4.49. The lowest BCUT2D eigenvalue weighted by Crippen LogP contribution is -2.19. The highest BCUT2D eigenvalue weighted by Gasteiger charge is 2.30. The average molecular weight is 424 g/mol. The van der Waals surface area contributed by atoms with E-state index in [4.69, 9.17) is 4.42 Å². The van der Waals surface area contributed by atoms with Crippen molar-refractivity contribution in [2.75, 3.05) is 10.6 Å². The molecule has 6 nitrogen and oxygen atoms in total. The standard InChI is InChI=1S/C22H15F3N4O2/c23-22(24,25)16-9-5-11-18(13-16)27-21(30)26-17-10-4-8-15(12-17)20-29-28-19(31-20)14-6-2-1-3-7-14/h1-13H,(H2,26,27,30). The molecule has 1 aromatic heterocycles. The van der Waals surface area contributed by atoms with Gasteiger partial charge in [0.1, 0.15) is 0 Å². The maximum atomic E-state index is 12.8. The average Bonchev–Trinajstić information content (AvgIpc) is 3.24. The van der Waals surface area contributed by atoms with Crippen molar-refractivity contribution in [3.63, 3.8) is 0 Å². The maximum absolute atomic E-state index is 12.8. The molecule has 0 aliphatic rings. The molecule has 9 heteroatoms. The topological polar surface area (TPSA) is 80.1 Å². The Kier molecular flexibility index (Phi) is 5.40. The van der Waals surface area contributed by atoms with Gasteiger partial charge in [0.2, 0.25) is 11.8 Å². The first-order valence-corrected chi connectivity index (χ1v) is 9.13. The first-order valence-electron chi connectivity index (χ1n) is 9.13. The SMILES string of the molecule is O=C(Nc1cccc(-c2nnc(-c3ccccc3)o2)c1)Nc1cccc(C(F)(F)F)c1. The Morgan fingerprint density at radius 2 is 1.32 bits per heavy atom. The number of hydrogen-bond acceptors (Lipinski definition) is 4. The molecule has 3 aromatic carbocycles. The van der Waals surface area contributed by atoms with Crippen molar-refractivity contribution in [1.29, 1.82) is 0 Å². The van der Waals surface area contributed by atoms with Crippen molar-refractivity contribution in [2.24, 2.45) is 0 Å². The van der Waals surface area contributed by atoms with Gasteiger partial charge in [-0.2, -0.15) is 13.2 Å². The second-order valence-corrected chi connectivity index (χ2v) is 6.52. The normalized spacial score (nSPS) is 11.2. The predicted octanol–water partition coefficient (Wildman–Crippen LogP) is 6.07. The zero-order valence-corrected chi connectivity index (χ0v) is 15.9. The van der Waals surface area contributed by atoms with Crippen LogP contribution in [0, 0.1) is 0 Å². The molecule has 0 atom stereocenters. The van der Waals surface area contributed by atoms with E-state index in [2.05, 4.69) is 20.8 Å². The molecular weight excluding hydrogens is 409 g/mol. The molecule has 0 aliphatic heterocycles. The molecule has 156 valence electrons. The molecule has 31 heavy (non-hydrogen) atoms. The Balaban J connectivity index is 1.47. The summed E-state index contributed by atoms with van der Waals surface area (Å²) in [4.78, 5) is 12.2. The molecule has 2 N–H and O–H groups in total. The number of aromatic nitrogens is 2. The Hall–Kier alpha value is -4.14. The zero-order valence-electron chi connectivity index (χ0n) is 15.9. The Bertz CT molecular complexity index is 1210. The number of carbonyl (C=O) groups excluding carboxylic acids is 1. The number of anilines is 2. The largest absolute Gasteiger partial charge is 0.416 e. The molecule has 4 aromatic rings. The van der Waals surface area contributed by atoms with Gasteiger partial charge in [-0.05, 0) is 48.5 Å². The van der Waals surface area contributed by atoms with Crippen LogP contribution in [0.2, 0.25) is 0 Å². The quantitative estimate of drug-likeness (QED) is 0.417. The molecule has 0 spiro atoms. The van der Waals surface area contributed by atoms with Crippen LogP contribution in [0.15, 0.2) is 83.3 Å². The van der Waals surface area contributed by atoms with Crippen molar-refractivity contribution < 1.29 is 22.4 Å². The number of halogens is 3. The van der Waals surface area contributed by atoms with Crippen molar-refractivity contribution in [3.8, 4) is 22.9 Å². The van der Waals surface area contributed by atoms with E-state index in [1.54, 1.807) is 24.3 Å². The number of rotatable bonds is 4. The van der Waals surface area contributed by atoms with Crippen molar-refractivity contribution in [1.82, 2.24) is 10.2 Å². The summed E-state index contributed by atoms with van der Waals surface area (Å²) in [6.07, 6.45) is -4.49. The third kappa shape index (κ3) is 4.89. The second kappa shape index (κ2) is 8.31. The molecule has 0 unspecified atom stereocenters. The Labute approximate surface area is 174 Å². The van der Waals surface area contributed by atoms with Gasteiger partial charge in [-0.3, -0.25) is 0 Å². The number of alkyl halides is 3.